The van der Waals surface area contributed by atoms with Crippen LogP contribution in [0.1, 0.15) is 52.4 Å². The van der Waals surface area contributed by atoms with Crippen molar-refractivity contribution in [2.45, 2.75) is 63.7 Å². The van der Waals surface area contributed by atoms with Crippen LogP contribution in [0.25, 0.3) is 0 Å². The van der Waals surface area contributed by atoms with Gasteiger partial charge in [0.2, 0.25) is 0 Å². The largest absolute Gasteiger partial charge is 0.312 e. The Bertz CT molecular complexity index is 403. The zero-order chi connectivity index (χ0) is 15.3. The molecule has 2 aliphatic rings. The molecule has 4 nitrogen and oxygen atoms in total. The van der Waals surface area contributed by atoms with Crippen LogP contribution in [0.5, 0.6) is 0 Å². The number of nitrogens with one attached hydrogen (secondary N) is 1. The molecule has 1 heterocycles. The molecule has 0 radical (unpaired) electrons. The topological polar surface area (TPSA) is 49.4 Å². The minimum atomic E-state index is -2.91. The van der Waals surface area contributed by atoms with Crippen LogP contribution >= 0.6 is 0 Å². The number of hydrogen-bond donors (Lipinski definition) is 1. The fourth-order valence-corrected chi connectivity index (χ4v) is 4.56. The molecule has 1 aliphatic heterocycles. The van der Waals surface area contributed by atoms with Crippen molar-refractivity contribution in [2.24, 2.45) is 5.92 Å². The average molecular weight is 317 g/mol. The van der Waals surface area contributed by atoms with E-state index in [2.05, 4.69) is 10.2 Å². The van der Waals surface area contributed by atoms with Crippen LogP contribution in [0.15, 0.2) is 0 Å². The van der Waals surface area contributed by atoms with E-state index in [0.717, 1.165) is 32.0 Å². The summed E-state index contributed by atoms with van der Waals surface area (Å²) in [6, 6.07) is 0.564. The van der Waals surface area contributed by atoms with Gasteiger partial charge in [0.1, 0.15) is 0 Å². The van der Waals surface area contributed by atoms with E-state index in [1.54, 1.807) is 13.8 Å². The van der Waals surface area contributed by atoms with Crippen LogP contribution in [0, 0.1) is 5.92 Å². The molecule has 0 spiro atoms. The Morgan fingerprint density at radius 3 is 2.52 bits per heavy atom. The first-order valence-corrected chi connectivity index (χ1v) is 10.4. The molecule has 1 atom stereocenters. The minimum Gasteiger partial charge on any atom is -0.312 e. The Hall–Kier alpha value is -0.130. The molecule has 2 fully saturated rings. The molecule has 1 unspecified atom stereocenters. The van der Waals surface area contributed by atoms with Crippen molar-refractivity contribution in [1.82, 2.24) is 10.2 Å². The van der Waals surface area contributed by atoms with Crippen LogP contribution in [0.4, 0.5) is 0 Å². The highest BCUT2D eigenvalue weighted by Crippen LogP contribution is 2.27. The monoisotopic (exact) mass is 316 g/mol. The lowest BCUT2D eigenvalue weighted by Gasteiger charge is -2.33. The number of nitrogens with zero attached hydrogens (tertiary/aromatic N) is 1. The van der Waals surface area contributed by atoms with Gasteiger partial charge in [0.05, 0.1) is 11.0 Å². The van der Waals surface area contributed by atoms with Gasteiger partial charge in [-0.3, -0.25) is 0 Å². The first-order valence-electron chi connectivity index (χ1n) is 8.66. The highest BCUT2D eigenvalue weighted by molar-refractivity contribution is 7.92. The lowest BCUT2D eigenvalue weighted by Crippen LogP contribution is -2.44. The van der Waals surface area contributed by atoms with Crippen LogP contribution in [0.2, 0.25) is 0 Å². The van der Waals surface area contributed by atoms with Gasteiger partial charge in [0, 0.05) is 19.1 Å². The van der Waals surface area contributed by atoms with Crippen molar-refractivity contribution in [3.8, 4) is 0 Å². The van der Waals surface area contributed by atoms with Gasteiger partial charge in [-0.2, -0.15) is 0 Å². The maximum atomic E-state index is 12.0. The summed E-state index contributed by atoms with van der Waals surface area (Å²) in [5.74, 6) is 1.10. The second kappa shape index (κ2) is 7.93. The van der Waals surface area contributed by atoms with Crippen molar-refractivity contribution < 1.29 is 8.42 Å². The Labute approximate surface area is 130 Å². The molecule has 5 heteroatoms. The van der Waals surface area contributed by atoms with Crippen LogP contribution in [0.3, 0.4) is 0 Å². The Morgan fingerprint density at radius 2 is 1.86 bits per heavy atom. The highest BCUT2D eigenvalue weighted by atomic mass is 32.2. The summed E-state index contributed by atoms with van der Waals surface area (Å²) in [7, 11) is -2.91. The lowest BCUT2D eigenvalue weighted by molar-refractivity contribution is 0.212. The lowest BCUT2D eigenvalue weighted by atomic mass is 9.83. The average Bonchev–Trinajstić information content (AvgIpc) is 2.71. The third-order valence-electron chi connectivity index (χ3n) is 5.14. The molecule has 1 saturated heterocycles. The molecule has 0 aromatic heterocycles. The summed E-state index contributed by atoms with van der Waals surface area (Å²) in [5, 5.41) is 3.46. The zero-order valence-corrected chi connectivity index (χ0v) is 14.5. The molecule has 1 saturated carbocycles. The third-order valence-corrected chi connectivity index (χ3v) is 7.33. The quantitative estimate of drug-likeness (QED) is 0.843. The van der Waals surface area contributed by atoms with E-state index < -0.39 is 9.84 Å². The summed E-state index contributed by atoms with van der Waals surface area (Å²) in [5.41, 5.74) is 0. The van der Waals surface area contributed by atoms with Gasteiger partial charge in [-0.15, -0.1) is 0 Å². The Morgan fingerprint density at radius 1 is 1.14 bits per heavy atom. The SMILES string of the molecule is CC(C)S(=O)(=O)CCN1CCCNC(C2CCCCC2)C1. The van der Waals surface area contributed by atoms with Crippen LogP contribution in [-0.4, -0.2) is 56.5 Å². The zero-order valence-electron chi connectivity index (χ0n) is 13.7. The van der Waals surface area contributed by atoms with E-state index in [9.17, 15) is 8.42 Å². The highest BCUT2D eigenvalue weighted by Gasteiger charge is 2.27. The van der Waals surface area contributed by atoms with E-state index >= 15 is 0 Å². The Kier molecular flexibility index (Phi) is 6.51. The fourth-order valence-electron chi connectivity index (χ4n) is 3.57. The predicted octanol–water partition coefficient (Wildman–Crippen LogP) is 2.05. The number of hydrogen-bond acceptors (Lipinski definition) is 4. The predicted molar refractivity (Wildman–Crippen MR) is 88.3 cm³/mol. The molecule has 0 bridgehead atoms. The van der Waals surface area contributed by atoms with E-state index in [1.807, 2.05) is 0 Å². The van der Waals surface area contributed by atoms with Crippen LogP contribution in [-0.2, 0) is 9.84 Å². The molecule has 1 N–H and O–H groups in total. The molecular weight excluding hydrogens is 284 g/mol. The van der Waals surface area contributed by atoms with E-state index in [4.69, 9.17) is 0 Å². The minimum absolute atomic E-state index is 0.253. The van der Waals surface area contributed by atoms with Gasteiger partial charge in [-0.25, -0.2) is 8.42 Å². The first-order chi connectivity index (χ1) is 9.99. The number of rotatable bonds is 5. The van der Waals surface area contributed by atoms with E-state index in [-0.39, 0.29) is 5.25 Å². The number of sulfone groups is 1. The van der Waals surface area contributed by atoms with E-state index in [1.165, 1.54) is 32.1 Å². The molecular formula is C16H32N2O2S. The molecule has 0 aromatic carbocycles. The maximum absolute atomic E-state index is 12.0. The Balaban J connectivity index is 1.87. The summed E-state index contributed by atoms with van der Waals surface area (Å²) >= 11 is 0. The van der Waals surface area contributed by atoms with Gasteiger partial charge >= 0.3 is 0 Å². The van der Waals surface area contributed by atoms with Gasteiger partial charge in [-0.05, 0) is 52.1 Å². The fraction of sp³-hybridized carbons (Fsp3) is 1.00. The van der Waals surface area contributed by atoms with Crippen molar-refractivity contribution in [3.05, 3.63) is 0 Å². The summed E-state index contributed by atoms with van der Waals surface area (Å²) in [6.07, 6.45) is 7.94. The van der Waals surface area contributed by atoms with Crippen molar-refractivity contribution in [3.63, 3.8) is 0 Å². The van der Waals surface area contributed by atoms with Crippen molar-refractivity contribution in [2.75, 3.05) is 31.9 Å². The van der Waals surface area contributed by atoms with Crippen molar-refractivity contribution >= 4 is 9.84 Å². The maximum Gasteiger partial charge on any atom is 0.153 e. The molecule has 2 rings (SSSR count). The molecule has 1 aliphatic carbocycles. The van der Waals surface area contributed by atoms with Crippen molar-refractivity contribution in [1.29, 1.82) is 0 Å². The van der Waals surface area contributed by atoms with Gasteiger partial charge in [0.15, 0.2) is 9.84 Å². The standard InChI is InChI=1S/C16H32N2O2S/c1-14(2)21(19,20)12-11-18-10-6-9-17-16(13-18)15-7-4-3-5-8-15/h14-17H,3-13H2,1-2H3. The van der Waals surface area contributed by atoms with Gasteiger partial charge in [0.25, 0.3) is 0 Å². The molecule has 124 valence electrons. The van der Waals surface area contributed by atoms with Crippen LogP contribution < -0.4 is 5.32 Å². The third kappa shape index (κ3) is 5.22. The summed E-state index contributed by atoms with van der Waals surface area (Å²) in [4.78, 5) is 2.37. The molecule has 0 amide bonds. The normalized spacial score (nSPS) is 26.9. The smallest absolute Gasteiger partial charge is 0.153 e. The summed E-state index contributed by atoms with van der Waals surface area (Å²) < 4.78 is 24.0. The van der Waals surface area contributed by atoms with Gasteiger partial charge in [-0.1, -0.05) is 19.3 Å². The second-order valence-electron chi connectivity index (χ2n) is 7.03. The first kappa shape index (κ1) is 17.2. The molecule has 21 heavy (non-hydrogen) atoms. The molecule has 0 aromatic rings. The van der Waals surface area contributed by atoms with E-state index in [0.29, 0.717) is 18.3 Å². The van der Waals surface area contributed by atoms with Gasteiger partial charge < -0.3 is 10.2 Å². The second-order valence-corrected chi connectivity index (χ2v) is 9.71. The summed E-state index contributed by atoms with van der Waals surface area (Å²) in [6.45, 7) is 7.40.